The number of fused-ring (bicyclic) bond motifs is 1. The quantitative estimate of drug-likeness (QED) is 0.609. The van der Waals surface area contributed by atoms with Crippen LogP contribution in [-0.2, 0) is 25.7 Å². The van der Waals surface area contributed by atoms with Gasteiger partial charge in [-0.15, -0.1) is 0 Å². The number of aromatic nitrogens is 3. The number of nitrogens with zero attached hydrogens (tertiary/aromatic N) is 4. The summed E-state index contributed by atoms with van der Waals surface area (Å²) in [6.07, 6.45) is -1.13. The van der Waals surface area contributed by atoms with E-state index in [1.54, 1.807) is 55.5 Å². The average molecular weight is 430 g/mol. The molecule has 1 aliphatic rings. The van der Waals surface area contributed by atoms with E-state index in [9.17, 15) is 18.0 Å². The molecule has 0 aliphatic carbocycles. The van der Waals surface area contributed by atoms with Crippen LogP contribution in [0.2, 0.25) is 0 Å². The topological polar surface area (TPSA) is 60.2 Å². The Morgan fingerprint density at radius 1 is 1.16 bits per heavy atom. The minimum absolute atomic E-state index is 0.00177. The molecule has 1 aliphatic heterocycles. The number of ether oxygens (including phenoxy) is 1. The van der Waals surface area contributed by atoms with Crippen LogP contribution in [0.4, 0.5) is 13.2 Å². The number of rotatable bonds is 5. The fourth-order valence-corrected chi connectivity index (χ4v) is 3.83. The molecule has 1 aromatic carbocycles. The van der Waals surface area contributed by atoms with Gasteiger partial charge in [-0.1, -0.05) is 12.1 Å². The maximum atomic E-state index is 13.6. The van der Waals surface area contributed by atoms with Gasteiger partial charge < -0.3 is 9.64 Å². The van der Waals surface area contributed by atoms with Crippen molar-refractivity contribution in [3.63, 3.8) is 0 Å². The second-order valence-corrected chi connectivity index (χ2v) is 7.24. The monoisotopic (exact) mass is 430 g/mol. The van der Waals surface area contributed by atoms with Gasteiger partial charge in [-0.3, -0.25) is 14.5 Å². The third kappa shape index (κ3) is 3.99. The van der Waals surface area contributed by atoms with Gasteiger partial charge in [0, 0.05) is 42.7 Å². The first kappa shape index (κ1) is 20.9. The molecule has 6 nitrogen and oxygen atoms in total. The molecular weight excluding hydrogens is 409 g/mol. The lowest BCUT2D eigenvalue weighted by atomic mass is 9.90. The first-order valence-electron chi connectivity index (χ1n) is 9.87. The molecule has 3 heterocycles. The molecular formula is C22H21F3N4O2. The van der Waals surface area contributed by atoms with E-state index in [4.69, 9.17) is 4.74 Å². The van der Waals surface area contributed by atoms with Gasteiger partial charge in [0.1, 0.15) is 5.75 Å². The number of methoxy groups -OCH3 is 1. The Labute approximate surface area is 177 Å². The summed E-state index contributed by atoms with van der Waals surface area (Å²) in [5, 5.41) is 3.71. The van der Waals surface area contributed by atoms with Crippen molar-refractivity contribution < 1.29 is 22.7 Å². The number of hydrogen-bond donors (Lipinski definition) is 0. The van der Waals surface area contributed by atoms with Crippen LogP contribution < -0.4 is 4.74 Å². The van der Waals surface area contributed by atoms with E-state index < -0.39 is 11.9 Å². The zero-order valence-electron chi connectivity index (χ0n) is 17.1. The lowest BCUT2D eigenvalue weighted by Crippen LogP contribution is -2.37. The van der Waals surface area contributed by atoms with Gasteiger partial charge in [-0.2, -0.15) is 18.3 Å². The summed E-state index contributed by atoms with van der Waals surface area (Å²) < 4.78 is 47.2. The maximum absolute atomic E-state index is 13.6. The van der Waals surface area contributed by atoms with Crippen LogP contribution in [0, 0.1) is 0 Å². The van der Waals surface area contributed by atoms with Crippen molar-refractivity contribution in [2.24, 2.45) is 0 Å². The Morgan fingerprint density at radius 2 is 1.94 bits per heavy atom. The largest absolute Gasteiger partial charge is 0.497 e. The Hall–Kier alpha value is -3.36. The van der Waals surface area contributed by atoms with Crippen LogP contribution in [0.15, 0.2) is 42.7 Å². The number of aryl methyl sites for hydroxylation is 1. The Bertz CT molecular complexity index is 1120. The van der Waals surface area contributed by atoms with Crippen molar-refractivity contribution in [2.45, 2.75) is 32.6 Å². The van der Waals surface area contributed by atoms with E-state index in [-0.39, 0.29) is 11.5 Å². The number of carbonyl (C=O) groups is 1. The predicted molar refractivity (Wildman–Crippen MR) is 108 cm³/mol. The normalized spacial score (nSPS) is 14.0. The molecule has 2 aromatic heterocycles. The minimum atomic E-state index is -4.58. The Kier molecular flexibility index (Phi) is 5.43. The van der Waals surface area contributed by atoms with E-state index in [0.29, 0.717) is 54.2 Å². The van der Waals surface area contributed by atoms with E-state index in [1.807, 2.05) is 0 Å². The van der Waals surface area contributed by atoms with Gasteiger partial charge in [0.15, 0.2) is 5.69 Å². The van der Waals surface area contributed by atoms with Crippen molar-refractivity contribution in [2.75, 3.05) is 13.7 Å². The lowest BCUT2D eigenvalue weighted by Gasteiger charge is -2.29. The number of alkyl halides is 3. The third-order valence-electron chi connectivity index (χ3n) is 5.35. The second kappa shape index (κ2) is 8.05. The standard InChI is InChI=1S/C22H21F3N4O2/c1-3-29-13-19(20(27-29)22(23,24)25)16-5-4-6-18-17(16)8-10-28(21(18)30)12-14-11-15(31-2)7-9-26-14/h4-7,9,11,13H,3,8,10,12H2,1-2H3. The summed E-state index contributed by atoms with van der Waals surface area (Å²) in [5.41, 5.74) is 1.17. The van der Waals surface area contributed by atoms with E-state index in [1.165, 1.54) is 10.9 Å². The van der Waals surface area contributed by atoms with Gasteiger partial charge in [-0.05, 0) is 36.6 Å². The molecule has 162 valence electrons. The molecule has 0 N–H and O–H groups in total. The third-order valence-corrected chi connectivity index (χ3v) is 5.35. The van der Waals surface area contributed by atoms with Crippen LogP contribution in [0.5, 0.6) is 5.75 Å². The summed E-state index contributed by atoms with van der Waals surface area (Å²) in [5.74, 6) is 0.411. The zero-order valence-corrected chi connectivity index (χ0v) is 17.1. The fraction of sp³-hybridized carbons (Fsp3) is 0.318. The molecule has 3 aromatic rings. The minimum Gasteiger partial charge on any atom is -0.497 e. The number of carbonyl (C=O) groups excluding carboxylic acids is 1. The van der Waals surface area contributed by atoms with Crippen molar-refractivity contribution in [1.82, 2.24) is 19.7 Å². The zero-order chi connectivity index (χ0) is 22.2. The lowest BCUT2D eigenvalue weighted by molar-refractivity contribution is -0.141. The first-order chi connectivity index (χ1) is 14.8. The van der Waals surface area contributed by atoms with Gasteiger partial charge >= 0.3 is 6.18 Å². The number of pyridine rings is 1. The molecule has 1 amide bonds. The highest BCUT2D eigenvalue weighted by Crippen LogP contribution is 2.39. The van der Waals surface area contributed by atoms with Gasteiger partial charge in [0.2, 0.25) is 0 Å². The van der Waals surface area contributed by atoms with Crippen LogP contribution in [0.1, 0.15) is 34.2 Å². The first-order valence-corrected chi connectivity index (χ1v) is 9.87. The number of hydrogen-bond acceptors (Lipinski definition) is 4. The summed E-state index contributed by atoms with van der Waals surface area (Å²) in [6.45, 7) is 2.72. The summed E-state index contributed by atoms with van der Waals surface area (Å²) in [6, 6.07) is 8.37. The number of benzene rings is 1. The molecule has 0 atom stereocenters. The molecule has 0 radical (unpaired) electrons. The maximum Gasteiger partial charge on any atom is 0.435 e. The highest BCUT2D eigenvalue weighted by Gasteiger charge is 2.38. The molecule has 0 bridgehead atoms. The van der Waals surface area contributed by atoms with Crippen LogP contribution >= 0.6 is 0 Å². The van der Waals surface area contributed by atoms with Gasteiger partial charge in [0.25, 0.3) is 5.91 Å². The second-order valence-electron chi connectivity index (χ2n) is 7.24. The van der Waals surface area contributed by atoms with E-state index in [2.05, 4.69) is 10.1 Å². The fourth-order valence-electron chi connectivity index (χ4n) is 3.83. The van der Waals surface area contributed by atoms with Gasteiger partial charge in [0.05, 0.1) is 19.3 Å². The molecule has 0 saturated heterocycles. The summed E-state index contributed by atoms with van der Waals surface area (Å²) >= 11 is 0. The van der Waals surface area contributed by atoms with Crippen molar-refractivity contribution in [3.8, 4) is 16.9 Å². The van der Waals surface area contributed by atoms with E-state index in [0.717, 1.165) is 0 Å². The van der Waals surface area contributed by atoms with Crippen LogP contribution in [0.25, 0.3) is 11.1 Å². The molecule has 0 fully saturated rings. The molecule has 31 heavy (non-hydrogen) atoms. The predicted octanol–water partition coefficient (Wildman–Crippen LogP) is 4.19. The Balaban J connectivity index is 1.69. The van der Waals surface area contributed by atoms with Crippen LogP contribution in [0.3, 0.4) is 0 Å². The molecule has 0 saturated carbocycles. The molecule has 0 spiro atoms. The highest BCUT2D eigenvalue weighted by molar-refractivity contribution is 5.98. The molecule has 0 unspecified atom stereocenters. The Morgan fingerprint density at radius 3 is 2.65 bits per heavy atom. The number of amides is 1. The average Bonchev–Trinajstić information content (AvgIpc) is 3.21. The summed E-state index contributed by atoms with van der Waals surface area (Å²) in [7, 11) is 1.55. The van der Waals surface area contributed by atoms with Crippen molar-refractivity contribution in [1.29, 1.82) is 0 Å². The smallest absolute Gasteiger partial charge is 0.435 e. The number of halogens is 3. The van der Waals surface area contributed by atoms with Gasteiger partial charge in [-0.25, -0.2) is 0 Å². The SMILES string of the molecule is CCn1cc(-c2cccc3c2CCN(Cc2cc(OC)ccn2)C3=O)c(C(F)(F)F)n1. The highest BCUT2D eigenvalue weighted by atomic mass is 19.4. The van der Waals surface area contributed by atoms with Crippen molar-refractivity contribution in [3.05, 3.63) is 65.2 Å². The van der Waals surface area contributed by atoms with Crippen molar-refractivity contribution >= 4 is 5.91 Å². The van der Waals surface area contributed by atoms with Crippen LogP contribution in [-0.4, -0.2) is 39.2 Å². The molecule has 9 heteroatoms. The summed E-state index contributed by atoms with van der Waals surface area (Å²) in [4.78, 5) is 19.1. The molecule has 4 rings (SSSR count). The van der Waals surface area contributed by atoms with E-state index >= 15 is 0 Å².